The molecule has 1 aliphatic carbocycles. The first-order valence-corrected chi connectivity index (χ1v) is 13.0. The standard InChI is InChI=1S/C17H31O3Si2.3CH3.Pt/c1-8-11-17(22(18-3,19-4)20-5)15-12-10-13-16(15)21(6,7)14-9-2;;;;/h9,12,17H,2,8,10-11,14H2,1,3-7H3;3*1H3;/q4*-1;+4. The molecule has 6 heteroatoms. The molecule has 3 nitrogen and oxygen atoms in total. The predicted molar refractivity (Wildman–Crippen MR) is 117 cm³/mol. The van der Waals surface area contributed by atoms with Crippen molar-refractivity contribution >= 4 is 16.9 Å². The van der Waals surface area contributed by atoms with Crippen molar-refractivity contribution in [3.05, 3.63) is 57.9 Å². The van der Waals surface area contributed by atoms with E-state index in [2.05, 4.69) is 38.7 Å². The molecule has 0 amide bonds. The summed E-state index contributed by atoms with van der Waals surface area (Å²) < 4.78 is 17.4. The molecule has 0 fully saturated rings. The largest absolute Gasteiger partial charge is 4.00 e. The fraction of sp³-hybridized carbons (Fsp3) is 0.550. The number of allylic oxidation sites excluding steroid dienone is 5. The van der Waals surface area contributed by atoms with Gasteiger partial charge in [-0.1, -0.05) is 38.9 Å². The molecule has 1 aliphatic rings. The van der Waals surface area contributed by atoms with Crippen molar-refractivity contribution in [1.82, 2.24) is 0 Å². The maximum Gasteiger partial charge on any atom is 4.00 e. The van der Waals surface area contributed by atoms with E-state index < -0.39 is 16.9 Å². The second kappa shape index (κ2) is 15.2. The maximum absolute atomic E-state index is 5.79. The minimum atomic E-state index is -2.71. The van der Waals surface area contributed by atoms with E-state index in [0.29, 0.717) is 0 Å². The fourth-order valence-corrected chi connectivity index (χ4v) is 8.71. The minimum Gasteiger partial charge on any atom is -0.377 e. The summed E-state index contributed by atoms with van der Waals surface area (Å²) in [5.74, 6) is 0. The maximum atomic E-state index is 5.79. The van der Waals surface area contributed by atoms with Gasteiger partial charge < -0.3 is 35.6 Å². The smallest absolute Gasteiger partial charge is 0.377 e. The topological polar surface area (TPSA) is 27.7 Å². The number of hydrogen-bond donors (Lipinski definition) is 0. The molecule has 0 saturated carbocycles. The van der Waals surface area contributed by atoms with Crippen LogP contribution < -0.4 is 0 Å². The van der Waals surface area contributed by atoms with Gasteiger partial charge in [-0.3, -0.25) is 6.08 Å². The van der Waals surface area contributed by atoms with Crippen LogP contribution in [0.4, 0.5) is 0 Å². The zero-order valence-electron chi connectivity index (χ0n) is 18.3. The van der Waals surface area contributed by atoms with Gasteiger partial charge in [0.15, 0.2) is 0 Å². The molecule has 1 rings (SSSR count). The first-order valence-electron chi connectivity index (χ1n) is 8.00. The molecule has 0 bridgehead atoms. The molecule has 0 N–H and O–H groups in total. The van der Waals surface area contributed by atoms with Gasteiger partial charge in [-0.05, 0) is 11.6 Å². The van der Waals surface area contributed by atoms with Crippen molar-refractivity contribution in [2.75, 3.05) is 21.3 Å². The Morgan fingerprint density at radius 2 is 1.65 bits per heavy atom. The SMILES string of the molecule is C=CC[Si](C)(C)C1=[C-]CC=C1C(CCC)[Si](OC)(OC)OC.[CH3-].[CH3-].[CH3-].[Pt+4]. The molecule has 0 radical (unpaired) electrons. The number of hydrogen-bond acceptors (Lipinski definition) is 3. The molecule has 0 heterocycles. The monoisotopic (exact) mass is 579 g/mol. The van der Waals surface area contributed by atoms with Gasteiger partial charge in [0, 0.05) is 29.4 Å². The molecular weight excluding hydrogens is 539 g/mol. The van der Waals surface area contributed by atoms with Gasteiger partial charge in [0.1, 0.15) is 0 Å². The van der Waals surface area contributed by atoms with E-state index in [-0.39, 0.29) is 48.9 Å². The second-order valence-electron chi connectivity index (χ2n) is 6.35. The molecule has 156 valence electrons. The Morgan fingerprint density at radius 1 is 1.15 bits per heavy atom. The van der Waals surface area contributed by atoms with E-state index >= 15 is 0 Å². The summed E-state index contributed by atoms with van der Waals surface area (Å²) in [6.07, 6.45) is 10.9. The molecule has 1 unspecified atom stereocenters. The average Bonchev–Trinajstić information content (AvgIpc) is 2.98. The van der Waals surface area contributed by atoms with Gasteiger partial charge >= 0.3 is 29.9 Å². The quantitative estimate of drug-likeness (QED) is 0.184. The van der Waals surface area contributed by atoms with Gasteiger partial charge in [-0.15, -0.1) is 13.0 Å². The van der Waals surface area contributed by atoms with Gasteiger partial charge in [0.25, 0.3) is 0 Å². The molecule has 0 aromatic carbocycles. The summed E-state index contributed by atoms with van der Waals surface area (Å²) in [7, 11) is 0.839. The van der Waals surface area contributed by atoms with Crippen molar-refractivity contribution in [3.8, 4) is 0 Å². The molecule has 0 aromatic heterocycles. The molecule has 0 aliphatic heterocycles. The van der Waals surface area contributed by atoms with E-state index in [1.165, 1.54) is 10.8 Å². The third-order valence-corrected chi connectivity index (χ3v) is 10.7. The van der Waals surface area contributed by atoms with E-state index in [1.54, 1.807) is 21.3 Å². The molecule has 26 heavy (non-hydrogen) atoms. The third kappa shape index (κ3) is 7.33. The van der Waals surface area contributed by atoms with Crippen LogP contribution in [0.5, 0.6) is 0 Å². The Labute approximate surface area is 180 Å². The predicted octanol–water partition coefficient (Wildman–Crippen LogP) is 5.88. The van der Waals surface area contributed by atoms with Gasteiger partial charge in [-0.2, -0.15) is 11.6 Å². The summed E-state index contributed by atoms with van der Waals surface area (Å²) in [5, 5.41) is 1.41. The van der Waals surface area contributed by atoms with Crippen molar-refractivity contribution in [2.24, 2.45) is 0 Å². The minimum absolute atomic E-state index is 0. The van der Waals surface area contributed by atoms with Crippen LogP contribution in [-0.2, 0) is 34.3 Å². The van der Waals surface area contributed by atoms with E-state index in [0.717, 1.165) is 25.3 Å². The van der Waals surface area contributed by atoms with Gasteiger partial charge in [0.2, 0.25) is 0 Å². The van der Waals surface area contributed by atoms with Crippen molar-refractivity contribution < 1.29 is 34.3 Å². The van der Waals surface area contributed by atoms with Crippen LogP contribution in [0.1, 0.15) is 26.2 Å². The molecule has 0 aromatic rings. The van der Waals surface area contributed by atoms with Crippen molar-refractivity contribution in [1.29, 1.82) is 0 Å². The van der Waals surface area contributed by atoms with Gasteiger partial charge in [-0.25, -0.2) is 5.20 Å². The van der Waals surface area contributed by atoms with E-state index in [1.807, 2.05) is 6.08 Å². The van der Waals surface area contributed by atoms with E-state index in [4.69, 9.17) is 13.3 Å². The summed E-state index contributed by atoms with van der Waals surface area (Å²) in [4.78, 5) is 0. The molecule has 0 spiro atoms. The van der Waals surface area contributed by atoms with Crippen LogP contribution in [0, 0.1) is 28.4 Å². The van der Waals surface area contributed by atoms with Crippen LogP contribution >= 0.6 is 0 Å². The summed E-state index contributed by atoms with van der Waals surface area (Å²) in [5.41, 5.74) is 1.55. The Kier molecular flexibility index (Phi) is 19.7. The molecular formula is C20H40O3PtSi2. The summed E-state index contributed by atoms with van der Waals surface area (Å²) >= 11 is 0. The first-order chi connectivity index (χ1) is 10.4. The Balaban J connectivity index is -0.000000605. The van der Waals surface area contributed by atoms with Gasteiger partial charge in [0.05, 0.1) is 0 Å². The molecule has 1 atom stereocenters. The zero-order chi connectivity index (χ0) is 16.8. The molecule has 0 saturated heterocycles. The van der Waals surface area contributed by atoms with Crippen molar-refractivity contribution in [3.63, 3.8) is 0 Å². The zero-order valence-corrected chi connectivity index (χ0v) is 22.6. The van der Waals surface area contributed by atoms with Crippen LogP contribution in [0.2, 0.25) is 24.7 Å². The number of rotatable bonds is 10. The Bertz CT molecular complexity index is 436. The van der Waals surface area contributed by atoms with Crippen LogP contribution in [0.3, 0.4) is 0 Å². The summed E-state index contributed by atoms with van der Waals surface area (Å²) in [6, 6.07) is 1.06. The van der Waals surface area contributed by atoms with E-state index in [9.17, 15) is 0 Å². The normalized spacial score (nSPS) is 14.5. The van der Waals surface area contributed by atoms with Crippen molar-refractivity contribution in [2.45, 2.75) is 50.9 Å². The average molecular weight is 580 g/mol. The van der Waals surface area contributed by atoms with Crippen LogP contribution in [0.25, 0.3) is 0 Å². The summed E-state index contributed by atoms with van der Waals surface area (Å²) in [6.45, 7) is 10.9. The second-order valence-corrected chi connectivity index (χ2v) is 14.2. The third-order valence-electron chi connectivity index (χ3n) is 4.45. The Hall–Kier alpha value is 0.222. The fourth-order valence-electron chi connectivity index (χ4n) is 3.36. The van der Waals surface area contributed by atoms with Crippen LogP contribution in [0.15, 0.2) is 29.5 Å². The first kappa shape index (κ1) is 33.8. The Morgan fingerprint density at radius 3 is 2.04 bits per heavy atom. The van der Waals surface area contributed by atoms with Crippen LogP contribution in [-0.4, -0.2) is 38.2 Å².